The highest BCUT2D eigenvalue weighted by Gasteiger charge is 2.52. The molecule has 0 saturated carbocycles. The Labute approximate surface area is 153 Å². The Morgan fingerprint density at radius 1 is 1.15 bits per heavy atom. The van der Waals surface area contributed by atoms with Crippen molar-refractivity contribution in [1.29, 1.82) is 0 Å². The van der Waals surface area contributed by atoms with Crippen molar-refractivity contribution in [2.75, 3.05) is 4.90 Å². The average Bonchev–Trinajstić information content (AvgIpc) is 2.92. The van der Waals surface area contributed by atoms with Gasteiger partial charge in [0.15, 0.2) is 5.69 Å². The quantitative estimate of drug-likeness (QED) is 0.631. The molecule has 8 heteroatoms. The highest BCUT2D eigenvalue weighted by atomic mass is 19.4. The fraction of sp³-hybridized carbons (Fsp3) is 0.211. The number of amides is 3. The number of urea groups is 1. The SMILES string of the molecule is [C-]#[N+]c1ccc(N2C(=O)N[C@](CC)(c3ccccc3)C2=O)cc1C(F)(F)F. The molecule has 1 heterocycles. The lowest BCUT2D eigenvalue weighted by Gasteiger charge is -2.25. The standard InChI is InChI=1S/C19H14F3N3O2/c1-3-18(12-7-5-4-6-8-12)16(26)25(17(27)24-18)13-9-10-15(23-2)14(11-13)19(20,21)22/h4-11H,3H2,1H3,(H,24,27)/t18-/m1/s1. The molecule has 1 aliphatic rings. The number of hydrogen-bond donors (Lipinski definition) is 1. The van der Waals surface area contributed by atoms with Crippen molar-refractivity contribution < 1.29 is 22.8 Å². The van der Waals surface area contributed by atoms with Crippen LogP contribution in [-0.2, 0) is 16.5 Å². The molecule has 0 radical (unpaired) electrons. The summed E-state index contributed by atoms with van der Waals surface area (Å²) in [7, 11) is 0. The van der Waals surface area contributed by atoms with E-state index in [0.29, 0.717) is 16.5 Å². The van der Waals surface area contributed by atoms with Crippen LogP contribution in [-0.4, -0.2) is 11.9 Å². The van der Waals surface area contributed by atoms with Gasteiger partial charge in [-0.1, -0.05) is 43.3 Å². The molecule has 1 aliphatic heterocycles. The zero-order valence-electron chi connectivity index (χ0n) is 14.2. The lowest BCUT2D eigenvalue weighted by Crippen LogP contribution is -2.43. The van der Waals surface area contributed by atoms with E-state index in [2.05, 4.69) is 10.2 Å². The Morgan fingerprint density at radius 3 is 2.37 bits per heavy atom. The Kier molecular flexibility index (Phi) is 4.39. The average molecular weight is 373 g/mol. The van der Waals surface area contributed by atoms with Gasteiger partial charge >= 0.3 is 12.2 Å². The number of carbonyl (C=O) groups is 2. The van der Waals surface area contributed by atoms with Gasteiger partial charge < -0.3 is 5.32 Å². The molecule has 1 N–H and O–H groups in total. The Morgan fingerprint density at radius 2 is 1.81 bits per heavy atom. The van der Waals surface area contributed by atoms with Crippen LogP contribution in [0.15, 0.2) is 48.5 Å². The number of nitrogens with one attached hydrogen (secondary N) is 1. The van der Waals surface area contributed by atoms with Crippen LogP contribution in [0.5, 0.6) is 0 Å². The van der Waals surface area contributed by atoms with E-state index in [1.54, 1.807) is 37.3 Å². The lowest BCUT2D eigenvalue weighted by molar-refractivity contribution is -0.136. The lowest BCUT2D eigenvalue weighted by atomic mass is 9.87. The molecule has 3 rings (SSSR count). The fourth-order valence-electron chi connectivity index (χ4n) is 3.16. The summed E-state index contributed by atoms with van der Waals surface area (Å²) in [6.45, 7) is 8.60. The highest BCUT2D eigenvalue weighted by molar-refractivity contribution is 6.23. The molecule has 0 spiro atoms. The maximum absolute atomic E-state index is 13.2. The summed E-state index contributed by atoms with van der Waals surface area (Å²) in [5.74, 6) is -0.662. The van der Waals surface area contributed by atoms with Gasteiger partial charge in [-0.2, -0.15) is 13.2 Å². The van der Waals surface area contributed by atoms with E-state index in [-0.39, 0.29) is 12.1 Å². The van der Waals surface area contributed by atoms with Gasteiger partial charge in [-0.15, -0.1) is 0 Å². The van der Waals surface area contributed by atoms with Crippen LogP contribution in [0.4, 0.5) is 29.3 Å². The molecular weight excluding hydrogens is 359 g/mol. The summed E-state index contributed by atoms with van der Waals surface area (Å²) in [4.78, 5) is 29.1. The van der Waals surface area contributed by atoms with E-state index < -0.39 is 34.9 Å². The van der Waals surface area contributed by atoms with Crippen LogP contribution < -0.4 is 10.2 Å². The van der Waals surface area contributed by atoms with E-state index >= 15 is 0 Å². The summed E-state index contributed by atoms with van der Waals surface area (Å²) in [5.41, 5.74) is -2.83. The van der Waals surface area contributed by atoms with E-state index in [1.165, 1.54) is 0 Å². The molecule has 3 amide bonds. The van der Waals surface area contributed by atoms with E-state index in [0.717, 1.165) is 12.1 Å². The molecule has 1 saturated heterocycles. The van der Waals surface area contributed by atoms with Gasteiger partial charge in [-0.25, -0.2) is 14.5 Å². The number of nitrogens with zero attached hydrogens (tertiary/aromatic N) is 2. The monoisotopic (exact) mass is 373 g/mol. The van der Waals surface area contributed by atoms with Gasteiger partial charge in [0.2, 0.25) is 0 Å². The Balaban J connectivity index is 2.10. The number of halogens is 3. The van der Waals surface area contributed by atoms with Gasteiger partial charge in [-0.3, -0.25) is 4.79 Å². The van der Waals surface area contributed by atoms with Gasteiger partial charge in [0, 0.05) is 0 Å². The van der Waals surface area contributed by atoms with Crippen molar-refractivity contribution in [3.8, 4) is 0 Å². The smallest absolute Gasteiger partial charge is 0.319 e. The minimum absolute atomic E-state index is 0.227. The second-order valence-corrected chi connectivity index (χ2v) is 6.01. The summed E-state index contributed by atoms with van der Waals surface area (Å²) in [5, 5.41) is 2.61. The number of hydrogen-bond acceptors (Lipinski definition) is 2. The second-order valence-electron chi connectivity index (χ2n) is 6.01. The number of alkyl halides is 3. The van der Waals surface area contributed by atoms with Gasteiger partial charge in [0.1, 0.15) is 5.54 Å². The first kappa shape index (κ1) is 18.5. The third-order valence-electron chi connectivity index (χ3n) is 4.55. The Hall–Kier alpha value is -3.34. The summed E-state index contributed by atoms with van der Waals surface area (Å²) >= 11 is 0. The van der Waals surface area contributed by atoms with E-state index in [1.807, 2.05) is 0 Å². The van der Waals surface area contributed by atoms with Crippen molar-refractivity contribution in [2.24, 2.45) is 0 Å². The molecule has 0 aromatic heterocycles. The number of imide groups is 1. The molecule has 5 nitrogen and oxygen atoms in total. The van der Waals surface area contributed by atoms with Crippen molar-refractivity contribution in [2.45, 2.75) is 25.1 Å². The molecule has 2 aromatic rings. The molecule has 0 unspecified atom stereocenters. The van der Waals surface area contributed by atoms with Crippen LogP contribution in [0, 0.1) is 6.57 Å². The molecule has 1 fully saturated rings. The molecule has 138 valence electrons. The first-order valence-electron chi connectivity index (χ1n) is 8.05. The molecular formula is C19H14F3N3O2. The fourth-order valence-corrected chi connectivity index (χ4v) is 3.16. The molecule has 2 aromatic carbocycles. The Bertz CT molecular complexity index is 951. The number of rotatable bonds is 3. The van der Waals surface area contributed by atoms with Gasteiger partial charge in [0.25, 0.3) is 5.91 Å². The largest absolute Gasteiger partial charge is 0.407 e. The normalized spacial score (nSPS) is 19.7. The van der Waals surface area contributed by atoms with Crippen LogP contribution in [0.25, 0.3) is 4.85 Å². The first-order valence-corrected chi connectivity index (χ1v) is 8.05. The minimum atomic E-state index is -4.78. The number of benzene rings is 2. The van der Waals surface area contributed by atoms with Crippen LogP contribution in [0.3, 0.4) is 0 Å². The highest BCUT2D eigenvalue weighted by Crippen LogP contribution is 2.41. The zero-order valence-corrected chi connectivity index (χ0v) is 14.2. The van der Waals surface area contributed by atoms with E-state index in [9.17, 15) is 22.8 Å². The van der Waals surface area contributed by atoms with Gasteiger partial charge in [0.05, 0.1) is 17.8 Å². The van der Waals surface area contributed by atoms with Crippen molar-refractivity contribution >= 4 is 23.3 Å². The molecule has 27 heavy (non-hydrogen) atoms. The van der Waals surface area contributed by atoms with Crippen molar-refractivity contribution in [1.82, 2.24) is 5.32 Å². The second kappa shape index (κ2) is 6.43. The molecule has 1 atom stereocenters. The third-order valence-corrected chi connectivity index (χ3v) is 4.55. The topological polar surface area (TPSA) is 53.8 Å². The van der Waals surface area contributed by atoms with Crippen LogP contribution in [0.2, 0.25) is 0 Å². The van der Waals surface area contributed by atoms with E-state index in [4.69, 9.17) is 6.57 Å². The predicted molar refractivity (Wildman–Crippen MR) is 92.1 cm³/mol. The zero-order chi connectivity index (χ0) is 19.8. The summed E-state index contributed by atoms with van der Waals surface area (Å²) in [6, 6.07) is 10.5. The van der Waals surface area contributed by atoms with Crippen molar-refractivity contribution in [3.05, 3.63) is 71.1 Å². The number of anilines is 1. The minimum Gasteiger partial charge on any atom is -0.319 e. The first-order chi connectivity index (χ1) is 12.7. The predicted octanol–water partition coefficient (Wildman–Crippen LogP) is 4.62. The summed E-state index contributed by atoms with van der Waals surface area (Å²) < 4.78 is 39.7. The summed E-state index contributed by atoms with van der Waals surface area (Å²) in [6.07, 6.45) is -4.55. The maximum Gasteiger partial charge on any atom is 0.407 e. The van der Waals surface area contributed by atoms with Crippen LogP contribution >= 0.6 is 0 Å². The van der Waals surface area contributed by atoms with Gasteiger partial charge in [-0.05, 0) is 24.1 Å². The van der Waals surface area contributed by atoms with Crippen LogP contribution in [0.1, 0.15) is 24.5 Å². The maximum atomic E-state index is 13.2. The molecule has 0 aliphatic carbocycles. The number of carbonyl (C=O) groups excluding carboxylic acids is 2. The molecule has 0 bridgehead atoms. The third kappa shape index (κ3) is 2.91. The van der Waals surface area contributed by atoms with Crippen molar-refractivity contribution in [3.63, 3.8) is 0 Å².